The fourth-order valence-electron chi connectivity index (χ4n) is 2.07. The number of anilines is 1. The van der Waals surface area contributed by atoms with Crippen LogP contribution in [0.3, 0.4) is 0 Å². The van der Waals surface area contributed by atoms with E-state index in [1.165, 1.54) is 3.57 Å². The van der Waals surface area contributed by atoms with E-state index in [4.69, 9.17) is 0 Å². The summed E-state index contributed by atoms with van der Waals surface area (Å²) < 4.78 is 1.17. The summed E-state index contributed by atoms with van der Waals surface area (Å²) in [5, 5.41) is 6.29. The minimum Gasteiger partial charge on any atom is -0.326 e. The van der Waals surface area contributed by atoms with Gasteiger partial charge in [0.15, 0.2) is 0 Å². The molecular weight excluding hydrogens is 363 g/mol. The summed E-state index contributed by atoms with van der Waals surface area (Å²) in [6, 6.07) is 7.88. The van der Waals surface area contributed by atoms with Crippen molar-refractivity contribution in [1.29, 1.82) is 0 Å². The van der Waals surface area contributed by atoms with Crippen LogP contribution in [0.15, 0.2) is 24.3 Å². The van der Waals surface area contributed by atoms with Gasteiger partial charge < -0.3 is 10.6 Å². The Morgan fingerprint density at radius 2 is 2.06 bits per heavy atom. The van der Waals surface area contributed by atoms with Crippen LogP contribution in [0.4, 0.5) is 5.69 Å². The average molecular weight is 381 g/mol. The third-order valence-electron chi connectivity index (χ3n) is 3.25. The van der Waals surface area contributed by atoms with Crippen LogP contribution in [0.5, 0.6) is 0 Å². The molecule has 1 unspecified atom stereocenters. The topological polar surface area (TPSA) is 41.1 Å². The van der Waals surface area contributed by atoms with E-state index in [1.54, 1.807) is 0 Å². The fraction of sp³-hybridized carbons (Fsp3) is 0.462. The zero-order chi connectivity index (χ0) is 12.3. The van der Waals surface area contributed by atoms with Gasteiger partial charge in [0.2, 0.25) is 5.91 Å². The highest BCUT2D eigenvalue weighted by Crippen LogP contribution is 2.27. The third kappa shape index (κ3) is 3.83. The predicted octanol–water partition coefficient (Wildman–Crippen LogP) is 3.04. The first kappa shape index (κ1) is 15.7. The SMILES string of the molecule is CC1(C(=O)Nc2ccc(I)cc2)CCCNC1.Cl. The van der Waals surface area contributed by atoms with Gasteiger partial charge in [-0.25, -0.2) is 0 Å². The van der Waals surface area contributed by atoms with Crippen molar-refractivity contribution in [3.8, 4) is 0 Å². The van der Waals surface area contributed by atoms with E-state index >= 15 is 0 Å². The number of carbonyl (C=O) groups excluding carboxylic acids is 1. The lowest BCUT2D eigenvalue weighted by Gasteiger charge is -2.32. The van der Waals surface area contributed by atoms with Gasteiger partial charge in [-0.2, -0.15) is 0 Å². The van der Waals surface area contributed by atoms with Gasteiger partial charge in [-0.05, 0) is 73.2 Å². The molecule has 1 aliphatic heterocycles. The van der Waals surface area contributed by atoms with Crippen molar-refractivity contribution in [3.05, 3.63) is 27.8 Å². The summed E-state index contributed by atoms with van der Waals surface area (Å²) in [7, 11) is 0. The van der Waals surface area contributed by atoms with Crippen molar-refractivity contribution in [3.63, 3.8) is 0 Å². The maximum atomic E-state index is 12.2. The van der Waals surface area contributed by atoms with E-state index in [9.17, 15) is 4.79 Å². The highest BCUT2D eigenvalue weighted by Gasteiger charge is 2.34. The van der Waals surface area contributed by atoms with Crippen LogP contribution in [-0.2, 0) is 4.79 Å². The number of hydrogen-bond acceptors (Lipinski definition) is 2. The number of rotatable bonds is 2. The lowest BCUT2D eigenvalue weighted by molar-refractivity contribution is -0.125. The van der Waals surface area contributed by atoms with E-state index in [1.807, 2.05) is 31.2 Å². The first-order valence-corrected chi connectivity index (χ1v) is 6.96. The molecule has 0 radical (unpaired) electrons. The smallest absolute Gasteiger partial charge is 0.231 e. The Morgan fingerprint density at radius 1 is 1.39 bits per heavy atom. The summed E-state index contributed by atoms with van der Waals surface area (Å²) in [5.74, 6) is 0.117. The van der Waals surface area contributed by atoms with E-state index in [-0.39, 0.29) is 23.7 Å². The second-order valence-electron chi connectivity index (χ2n) is 4.80. The molecule has 2 N–H and O–H groups in total. The minimum atomic E-state index is -0.277. The van der Waals surface area contributed by atoms with Crippen LogP contribution < -0.4 is 10.6 Å². The number of hydrogen-bond donors (Lipinski definition) is 2. The van der Waals surface area contributed by atoms with E-state index in [0.717, 1.165) is 31.6 Å². The molecule has 1 aliphatic rings. The van der Waals surface area contributed by atoms with Crippen LogP contribution in [0.1, 0.15) is 19.8 Å². The van der Waals surface area contributed by atoms with Gasteiger partial charge in [0, 0.05) is 15.8 Å². The number of benzene rings is 1. The zero-order valence-electron chi connectivity index (χ0n) is 10.3. The van der Waals surface area contributed by atoms with Gasteiger partial charge in [-0.15, -0.1) is 12.4 Å². The summed E-state index contributed by atoms with van der Waals surface area (Å²) in [6.45, 7) is 3.82. The summed E-state index contributed by atoms with van der Waals surface area (Å²) >= 11 is 2.25. The van der Waals surface area contributed by atoms with Gasteiger partial charge >= 0.3 is 0 Å². The zero-order valence-corrected chi connectivity index (χ0v) is 13.3. The average Bonchev–Trinajstić information content (AvgIpc) is 2.33. The molecule has 2 rings (SSSR count). The van der Waals surface area contributed by atoms with Crippen molar-refractivity contribution < 1.29 is 4.79 Å². The molecular formula is C13H18ClIN2O. The Hall–Kier alpha value is -0.330. The molecule has 1 atom stereocenters. The Balaban J connectivity index is 0.00000162. The van der Waals surface area contributed by atoms with Crippen molar-refractivity contribution >= 4 is 46.6 Å². The number of piperidine rings is 1. The highest BCUT2D eigenvalue weighted by molar-refractivity contribution is 14.1. The predicted molar refractivity (Wildman–Crippen MR) is 85.2 cm³/mol. The molecule has 0 saturated carbocycles. The summed E-state index contributed by atoms with van der Waals surface area (Å²) in [6.07, 6.45) is 2.02. The molecule has 100 valence electrons. The standard InChI is InChI=1S/C13H17IN2O.ClH/c1-13(7-2-8-15-9-13)12(17)16-11-5-3-10(14)4-6-11;/h3-6,15H,2,7-9H2,1H3,(H,16,17);1H. The number of halogens is 2. The molecule has 5 heteroatoms. The molecule has 1 heterocycles. The lowest BCUT2D eigenvalue weighted by Crippen LogP contribution is -2.46. The molecule has 0 bridgehead atoms. The molecule has 1 aromatic rings. The molecule has 0 spiro atoms. The molecule has 1 aromatic carbocycles. The number of carbonyl (C=O) groups is 1. The molecule has 0 aliphatic carbocycles. The van der Waals surface area contributed by atoms with Crippen LogP contribution in [0.25, 0.3) is 0 Å². The van der Waals surface area contributed by atoms with E-state index in [0.29, 0.717) is 0 Å². The first-order valence-electron chi connectivity index (χ1n) is 5.88. The van der Waals surface area contributed by atoms with Crippen molar-refractivity contribution in [2.45, 2.75) is 19.8 Å². The Bertz CT molecular complexity index is 402. The molecule has 1 saturated heterocycles. The molecule has 1 amide bonds. The highest BCUT2D eigenvalue weighted by atomic mass is 127. The molecule has 3 nitrogen and oxygen atoms in total. The van der Waals surface area contributed by atoms with Gasteiger partial charge in [-0.1, -0.05) is 0 Å². The maximum absolute atomic E-state index is 12.2. The van der Waals surface area contributed by atoms with Crippen molar-refractivity contribution in [1.82, 2.24) is 5.32 Å². The summed E-state index contributed by atoms with van der Waals surface area (Å²) in [4.78, 5) is 12.2. The maximum Gasteiger partial charge on any atom is 0.231 e. The lowest BCUT2D eigenvalue weighted by atomic mass is 9.82. The quantitative estimate of drug-likeness (QED) is 0.774. The second kappa shape index (κ2) is 6.73. The van der Waals surface area contributed by atoms with Gasteiger partial charge in [0.1, 0.15) is 0 Å². The normalized spacial score (nSPS) is 23.0. The number of nitrogens with one attached hydrogen (secondary N) is 2. The van der Waals surface area contributed by atoms with E-state index in [2.05, 4.69) is 33.2 Å². The van der Waals surface area contributed by atoms with E-state index < -0.39 is 0 Å². The fourth-order valence-corrected chi connectivity index (χ4v) is 2.42. The van der Waals surface area contributed by atoms with Crippen LogP contribution in [0, 0.1) is 8.99 Å². The monoisotopic (exact) mass is 380 g/mol. The van der Waals surface area contributed by atoms with Crippen LogP contribution in [0.2, 0.25) is 0 Å². The molecule has 0 aromatic heterocycles. The van der Waals surface area contributed by atoms with Crippen molar-refractivity contribution in [2.24, 2.45) is 5.41 Å². The van der Waals surface area contributed by atoms with Gasteiger partial charge in [0.25, 0.3) is 0 Å². The Morgan fingerprint density at radius 3 is 2.61 bits per heavy atom. The Kier molecular flexibility index (Phi) is 5.88. The minimum absolute atomic E-state index is 0. The Labute approximate surface area is 128 Å². The van der Waals surface area contributed by atoms with Crippen molar-refractivity contribution in [2.75, 3.05) is 18.4 Å². The molecule has 18 heavy (non-hydrogen) atoms. The van der Waals surface area contributed by atoms with Crippen LogP contribution in [-0.4, -0.2) is 19.0 Å². The first-order chi connectivity index (χ1) is 8.10. The number of amides is 1. The largest absolute Gasteiger partial charge is 0.326 e. The molecule has 1 fully saturated rings. The van der Waals surface area contributed by atoms with Gasteiger partial charge in [-0.3, -0.25) is 4.79 Å². The summed E-state index contributed by atoms with van der Waals surface area (Å²) in [5.41, 5.74) is 0.601. The second-order valence-corrected chi connectivity index (χ2v) is 6.05. The third-order valence-corrected chi connectivity index (χ3v) is 3.97. The van der Waals surface area contributed by atoms with Gasteiger partial charge in [0.05, 0.1) is 5.41 Å². The van der Waals surface area contributed by atoms with Crippen LogP contribution >= 0.6 is 35.0 Å².